The van der Waals surface area contributed by atoms with Crippen molar-refractivity contribution in [3.8, 4) is 0 Å². The number of carbonyl (C=O) groups is 1. The highest BCUT2D eigenvalue weighted by Crippen LogP contribution is 2.30. The van der Waals surface area contributed by atoms with E-state index in [-0.39, 0.29) is 12.1 Å². The number of aliphatic hydroxyl groups is 1. The van der Waals surface area contributed by atoms with Crippen molar-refractivity contribution in [2.24, 2.45) is 0 Å². The number of nitrogens with one attached hydrogen (secondary N) is 2. The minimum Gasteiger partial charge on any atom is -0.387 e. The number of benzene rings is 2. The number of aromatic nitrogens is 1. The lowest BCUT2D eigenvalue weighted by Crippen LogP contribution is -2.40. The highest BCUT2D eigenvalue weighted by atomic mass is 32.1. The predicted molar refractivity (Wildman–Crippen MR) is 103 cm³/mol. The van der Waals surface area contributed by atoms with Gasteiger partial charge in [0.05, 0.1) is 11.7 Å². The number of hydrogen-bond donors (Lipinski definition) is 3. The quantitative estimate of drug-likeness (QED) is 0.556. The minimum atomic E-state index is -4.44. The Morgan fingerprint density at radius 2 is 1.76 bits per heavy atom. The Morgan fingerprint density at radius 1 is 1.07 bits per heavy atom. The Hall–Kier alpha value is -2.91. The number of alkyl halides is 3. The van der Waals surface area contributed by atoms with Crippen molar-refractivity contribution in [3.63, 3.8) is 0 Å². The Kier molecular flexibility index (Phi) is 6.50. The standard InChI is InChI=1S/C20H18F3N3O2S/c21-20(22,23)15-8-6-13(7-9-15)16(27)12-25-19(28)26-17(18-24-10-11-29-18)14-4-2-1-3-5-14/h1-11,16-17,27H,12H2,(H2,25,26,28). The molecule has 5 nitrogen and oxygen atoms in total. The molecule has 3 aromatic rings. The van der Waals surface area contributed by atoms with Gasteiger partial charge in [0.15, 0.2) is 0 Å². The Morgan fingerprint density at radius 3 is 2.34 bits per heavy atom. The van der Waals surface area contributed by atoms with Crippen molar-refractivity contribution < 1.29 is 23.1 Å². The smallest absolute Gasteiger partial charge is 0.387 e. The van der Waals surface area contributed by atoms with Gasteiger partial charge in [-0.15, -0.1) is 11.3 Å². The van der Waals surface area contributed by atoms with Gasteiger partial charge in [-0.2, -0.15) is 13.2 Å². The lowest BCUT2D eigenvalue weighted by molar-refractivity contribution is -0.137. The molecule has 0 aliphatic rings. The third kappa shape index (κ3) is 5.55. The monoisotopic (exact) mass is 421 g/mol. The van der Waals surface area contributed by atoms with E-state index in [4.69, 9.17) is 0 Å². The van der Waals surface area contributed by atoms with Crippen molar-refractivity contribution >= 4 is 17.4 Å². The topological polar surface area (TPSA) is 74.2 Å². The number of carbonyl (C=O) groups excluding carboxylic acids is 1. The van der Waals surface area contributed by atoms with Gasteiger partial charge < -0.3 is 15.7 Å². The van der Waals surface area contributed by atoms with Gasteiger partial charge in [0.1, 0.15) is 11.0 Å². The molecule has 2 atom stereocenters. The maximum absolute atomic E-state index is 12.6. The SMILES string of the molecule is O=C(NCC(O)c1ccc(C(F)(F)F)cc1)NC(c1ccccc1)c1nccs1. The fourth-order valence-electron chi connectivity index (χ4n) is 2.69. The Balaban J connectivity index is 1.61. The lowest BCUT2D eigenvalue weighted by Gasteiger charge is -2.19. The summed E-state index contributed by atoms with van der Waals surface area (Å²) in [6, 6.07) is 12.5. The molecule has 2 amide bonds. The van der Waals surface area contributed by atoms with Gasteiger partial charge in [-0.1, -0.05) is 42.5 Å². The summed E-state index contributed by atoms with van der Waals surface area (Å²) in [5.74, 6) is 0. The van der Waals surface area contributed by atoms with Crippen LogP contribution in [0.5, 0.6) is 0 Å². The van der Waals surface area contributed by atoms with Crippen molar-refractivity contribution in [1.29, 1.82) is 0 Å². The molecule has 2 aromatic carbocycles. The van der Waals surface area contributed by atoms with E-state index in [1.807, 2.05) is 30.3 Å². The fourth-order valence-corrected chi connectivity index (χ4v) is 3.41. The fraction of sp³-hybridized carbons (Fsp3) is 0.200. The first-order valence-corrected chi connectivity index (χ1v) is 9.56. The van der Waals surface area contributed by atoms with Gasteiger partial charge in [0.25, 0.3) is 0 Å². The average Bonchev–Trinajstić information content (AvgIpc) is 3.25. The number of halogens is 3. The summed E-state index contributed by atoms with van der Waals surface area (Å²) in [5, 5.41) is 18.0. The first-order chi connectivity index (χ1) is 13.8. The number of thiazole rings is 1. The van der Waals surface area contributed by atoms with Gasteiger partial charge in [-0.05, 0) is 23.3 Å². The van der Waals surface area contributed by atoms with Crippen LogP contribution in [0.15, 0.2) is 66.2 Å². The van der Waals surface area contributed by atoms with Crippen LogP contribution in [0, 0.1) is 0 Å². The van der Waals surface area contributed by atoms with Crippen molar-refractivity contribution in [2.75, 3.05) is 6.54 Å². The summed E-state index contributed by atoms with van der Waals surface area (Å²) in [6.07, 6.45) is -3.94. The summed E-state index contributed by atoms with van der Waals surface area (Å²) in [5.41, 5.74) is 0.326. The molecule has 3 N–H and O–H groups in total. The van der Waals surface area contributed by atoms with Gasteiger partial charge in [-0.25, -0.2) is 9.78 Å². The summed E-state index contributed by atoms with van der Waals surface area (Å²) < 4.78 is 37.9. The maximum Gasteiger partial charge on any atom is 0.416 e. The van der Waals surface area contributed by atoms with Crippen LogP contribution in [0.3, 0.4) is 0 Å². The third-order valence-corrected chi connectivity index (χ3v) is 5.03. The molecule has 1 heterocycles. The van der Waals surface area contributed by atoms with E-state index < -0.39 is 29.9 Å². The molecule has 0 saturated carbocycles. The molecule has 0 saturated heterocycles. The molecule has 3 rings (SSSR count). The van der Waals surface area contributed by atoms with Crippen LogP contribution in [0.1, 0.15) is 33.8 Å². The first kappa shape index (κ1) is 20.8. The van der Waals surface area contributed by atoms with Crippen LogP contribution < -0.4 is 10.6 Å². The van der Waals surface area contributed by atoms with E-state index in [0.717, 1.165) is 17.7 Å². The summed E-state index contributed by atoms with van der Waals surface area (Å²) in [7, 11) is 0. The first-order valence-electron chi connectivity index (χ1n) is 8.68. The molecule has 0 aliphatic carbocycles. The van der Waals surface area contributed by atoms with E-state index in [9.17, 15) is 23.1 Å². The van der Waals surface area contributed by atoms with E-state index in [0.29, 0.717) is 5.01 Å². The van der Waals surface area contributed by atoms with Crippen LogP contribution in [-0.4, -0.2) is 22.7 Å². The van der Waals surface area contributed by atoms with Crippen molar-refractivity contribution in [1.82, 2.24) is 15.6 Å². The zero-order valence-corrected chi connectivity index (χ0v) is 15.9. The summed E-state index contributed by atoms with van der Waals surface area (Å²) in [4.78, 5) is 16.6. The second-order valence-electron chi connectivity index (χ2n) is 6.20. The highest BCUT2D eigenvalue weighted by Gasteiger charge is 2.30. The number of nitrogens with zero attached hydrogens (tertiary/aromatic N) is 1. The zero-order valence-electron chi connectivity index (χ0n) is 15.1. The van der Waals surface area contributed by atoms with Crippen LogP contribution in [0.2, 0.25) is 0 Å². The lowest BCUT2D eigenvalue weighted by atomic mass is 10.1. The molecular weight excluding hydrogens is 403 g/mol. The van der Waals surface area contributed by atoms with Crippen LogP contribution in [-0.2, 0) is 6.18 Å². The molecule has 0 aliphatic heterocycles. The summed E-state index contributed by atoms with van der Waals surface area (Å²) >= 11 is 1.40. The normalized spacial score (nSPS) is 13.5. The molecule has 0 bridgehead atoms. The molecular formula is C20H18F3N3O2S. The van der Waals surface area contributed by atoms with Gasteiger partial charge in [-0.3, -0.25) is 0 Å². The van der Waals surface area contributed by atoms with Gasteiger partial charge in [0.2, 0.25) is 0 Å². The van der Waals surface area contributed by atoms with Crippen LogP contribution in [0.4, 0.5) is 18.0 Å². The largest absolute Gasteiger partial charge is 0.416 e. The average molecular weight is 421 g/mol. The van der Waals surface area contributed by atoms with Crippen molar-refractivity contribution in [2.45, 2.75) is 18.3 Å². The van der Waals surface area contributed by atoms with E-state index in [1.165, 1.54) is 23.5 Å². The number of urea groups is 1. The van der Waals surface area contributed by atoms with Crippen LogP contribution in [0.25, 0.3) is 0 Å². The third-order valence-electron chi connectivity index (χ3n) is 4.19. The molecule has 9 heteroatoms. The molecule has 1 aromatic heterocycles. The molecule has 0 radical (unpaired) electrons. The second-order valence-corrected chi connectivity index (χ2v) is 7.13. The maximum atomic E-state index is 12.6. The molecule has 0 spiro atoms. The predicted octanol–water partition coefficient (Wildman–Crippen LogP) is 4.28. The minimum absolute atomic E-state index is 0.156. The zero-order chi connectivity index (χ0) is 20.9. The molecule has 29 heavy (non-hydrogen) atoms. The van der Waals surface area contributed by atoms with E-state index >= 15 is 0 Å². The molecule has 0 fully saturated rings. The summed E-state index contributed by atoms with van der Waals surface area (Å²) in [6.45, 7) is -0.156. The number of hydrogen-bond acceptors (Lipinski definition) is 4. The molecule has 2 unspecified atom stereocenters. The molecule has 152 valence electrons. The van der Waals surface area contributed by atoms with Gasteiger partial charge >= 0.3 is 12.2 Å². The van der Waals surface area contributed by atoms with Crippen LogP contribution >= 0.6 is 11.3 Å². The highest BCUT2D eigenvalue weighted by molar-refractivity contribution is 7.09. The van der Waals surface area contributed by atoms with Crippen molar-refractivity contribution in [3.05, 3.63) is 87.9 Å². The number of rotatable bonds is 6. The van der Waals surface area contributed by atoms with E-state index in [2.05, 4.69) is 15.6 Å². The number of aliphatic hydroxyl groups excluding tert-OH is 1. The number of amides is 2. The van der Waals surface area contributed by atoms with E-state index in [1.54, 1.807) is 11.6 Å². The Bertz CT molecular complexity index is 916. The second kappa shape index (κ2) is 9.06. The van der Waals surface area contributed by atoms with Gasteiger partial charge in [0, 0.05) is 18.1 Å². The Labute approximate surface area is 169 Å².